The van der Waals surface area contributed by atoms with Gasteiger partial charge in [0.1, 0.15) is 5.75 Å². The molecule has 1 fully saturated rings. The Morgan fingerprint density at radius 2 is 2.10 bits per heavy atom. The standard InChI is InChI=1S/C17H25NO3/c1-13(2)21-16-7-5-15(6-8-16)17(20)18-10-3-4-14(12-18)9-11-19/h5-8,13-14,19H,3-4,9-12H2,1-2H3. The lowest BCUT2D eigenvalue weighted by molar-refractivity contribution is 0.0653. The van der Waals surface area contributed by atoms with E-state index >= 15 is 0 Å². The molecule has 1 atom stereocenters. The number of carbonyl (C=O) groups excluding carboxylic acids is 1. The normalized spacial score (nSPS) is 18.9. The Hall–Kier alpha value is -1.55. The van der Waals surface area contributed by atoms with E-state index in [1.165, 1.54) is 0 Å². The fourth-order valence-electron chi connectivity index (χ4n) is 2.80. The fourth-order valence-corrected chi connectivity index (χ4v) is 2.80. The third-order valence-electron chi connectivity index (χ3n) is 3.82. The lowest BCUT2D eigenvalue weighted by atomic mass is 9.94. The van der Waals surface area contributed by atoms with Crippen molar-refractivity contribution in [3.8, 4) is 5.75 Å². The van der Waals surface area contributed by atoms with Gasteiger partial charge in [0.05, 0.1) is 6.10 Å². The molecule has 0 saturated carbocycles. The quantitative estimate of drug-likeness (QED) is 0.907. The summed E-state index contributed by atoms with van der Waals surface area (Å²) in [5.74, 6) is 1.29. The second kappa shape index (κ2) is 7.46. The van der Waals surface area contributed by atoms with Crippen LogP contribution in [-0.4, -0.2) is 41.7 Å². The van der Waals surface area contributed by atoms with Crippen LogP contribution >= 0.6 is 0 Å². The molecule has 4 nitrogen and oxygen atoms in total. The molecule has 1 aliphatic heterocycles. The highest BCUT2D eigenvalue weighted by Crippen LogP contribution is 2.22. The summed E-state index contributed by atoms with van der Waals surface area (Å²) in [6.45, 7) is 5.73. The minimum absolute atomic E-state index is 0.0775. The number of amides is 1. The fraction of sp³-hybridized carbons (Fsp3) is 0.588. The monoisotopic (exact) mass is 291 g/mol. The van der Waals surface area contributed by atoms with Gasteiger partial charge in [0.15, 0.2) is 0 Å². The third-order valence-corrected chi connectivity index (χ3v) is 3.82. The van der Waals surface area contributed by atoms with Crippen molar-refractivity contribution in [1.82, 2.24) is 4.90 Å². The highest BCUT2D eigenvalue weighted by Gasteiger charge is 2.24. The van der Waals surface area contributed by atoms with Crippen LogP contribution in [0.1, 0.15) is 43.5 Å². The number of aliphatic hydroxyl groups is 1. The van der Waals surface area contributed by atoms with Crippen LogP contribution in [-0.2, 0) is 0 Å². The molecule has 1 aliphatic rings. The van der Waals surface area contributed by atoms with Gasteiger partial charge in [0, 0.05) is 25.3 Å². The number of ether oxygens (including phenoxy) is 1. The summed E-state index contributed by atoms with van der Waals surface area (Å²) in [5, 5.41) is 9.05. The van der Waals surface area contributed by atoms with Crippen LogP contribution in [0.25, 0.3) is 0 Å². The summed E-state index contributed by atoms with van der Waals surface area (Å²) in [4.78, 5) is 14.4. The van der Waals surface area contributed by atoms with E-state index < -0.39 is 0 Å². The molecule has 0 aromatic heterocycles. The first kappa shape index (κ1) is 15.8. The largest absolute Gasteiger partial charge is 0.491 e. The Balaban J connectivity index is 1.98. The van der Waals surface area contributed by atoms with Gasteiger partial charge in [-0.15, -0.1) is 0 Å². The van der Waals surface area contributed by atoms with E-state index in [-0.39, 0.29) is 18.6 Å². The van der Waals surface area contributed by atoms with Crippen molar-refractivity contribution >= 4 is 5.91 Å². The molecule has 0 bridgehead atoms. The van der Waals surface area contributed by atoms with Crippen LogP contribution < -0.4 is 4.74 Å². The molecule has 21 heavy (non-hydrogen) atoms. The highest BCUT2D eigenvalue weighted by molar-refractivity contribution is 5.94. The van der Waals surface area contributed by atoms with E-state index in [0.29, 0.717) is 11.5 Å². The number of benzene rings is 1. The Morgan fingerprint density at radius 1 is 1.38 bits per heavy atom. The zero-order valence-corrected chi connectivity index (χ0v) is 12.9. The third kappa shape index (κ3) is 4.46. The maximum absolute atomic E-state index is 12.5. The first-order chi connectivity index (χ1) is 10.1. The van der Waals surface area contributed by atoms with Crippen molar-refractivity contribution < 1.29 is 14.6 Å². The number of rotatable bonds is 5. The second-order valence-electron chi connectivity index (χ2n) is 5.96. The van der Waals surface area contributed by atoms with Gasteiger partial charge in [-0.1, -0.05) is 0 Å². The van der Waals surface area contributed by atoms with Gasteiger partial charge in [-0.3, -0.25) is 4.79 Å². The van der Waals surface area contributed by atoms with E-state index in [9.17, 15) is 4.79 Å². The highest BCUT2D eigenvalue weighted by atomic mass is 16.5. The van der Waals surface area contributed by atoms with Crippen LogP contribution in [0.4, 0.5) is 0 Å². The van der Waals surface area contributed by atoms with Gasteiger partial charge < -0.3 is 14.7 Å². The molecule has 1 aromatic carbocycles. The van der Waals surface area contributed by atoms with Crippen LogP contribution in [0.15, 0.2) is 24.3 Å². The van der Waals surface area contributed by atoms with Crippen molar-refractivity contribution in [2.75, 3.05) is 19.7 Å². The van der Waals surface area contributed by atoms with Gasteiger partial charge >= 0.3 is 0 Å². The Bertz CT molecular complexity index is 454. The molecular weight excluding hydrogens is 266 g/mol. The average Bonchev–Trinajstić information content (AvgIpc) is 2.47. The van der Waals surface area contributed by atoms with E-state index in [1.807, 2.05) is 43.0 Å². The van der Waals surface area contributed by atoms with E-state index in [1.54, 1.807) is 0 Å². The summed E-state index contributed by atoms with van der Waals surface area (Å²) in [5.41, 5.74) is 0.704. The maximum atomic E-state index is 12.5. The minimum atomic E-state index is 0.0775. The average molecular weight is 291 g/mol. The molecule has 1 unspecified atom stereocenters. The van der Waals surface area contributed by atoms with Gasteiger partial charge in [-0.05, 0) is 63.3 Å². The van der Waals surface area contributed by atoms with Crippen LogP contribution in [0.5, 0.6) is 5.75 Å². The first-order valence-electron chi connectivity index (χ1n) is 7.77. The predicted molar refractivity (Wildman–Crippen MR) is 82.5 cm³/mol. The Morgan fingerprint density at radius 3 is 2.71 bits per heavy atom. The molecule has 1 N–H and O–H groups in total. The smallest absolute Gasteiger partial charge is 0.253 e. The van der Waals surface area contributed by atoms with E-state index in [2.05, 4.69) is 0 Å². The molecule has 1 amide bonds. The molecule has 0 spiro atoms. The predicted octanol–water partition coefficient (Wildman–Crippen LogP) is 2.71. The van der Waals surface area contributed by atoms with Crippen LogP contribution in [0, 0.1) is 5.92 Å². The molecule has 1 aromatic rings. The summed E-state index contributed by atoms with van der Waals surface area (Å²) in [7, 11) is 0. The molecule has 4 heteroatoms. The number of likely N-dealkylation sites (tertiary alicyclic amines) is 1. The van der Waals surface area contributed by atoms with Crippen molar-refractivity contribution in [3.63, 3.8) is 0 Å². The molecule has 1 saturated heterocycles. The van der Waals surface area contributed by atoms with Crippen LogP contribution in [0.2, 0.25) is 0 Å². The number of hydrogen-bond donors (Lipinski definition) is 1. The molecule has 0 aliphatic carbocycles. The Labute approximate surface area is 126 Å². The number of aliphatic hydroxyl groups excluding tert-OH is 1. The van der Waals surface area contributed by atoms with Crippen molar-refractivity contribution in [2.24, 2.45) is 5.92 Å². The van der Waals surface area contributed by atoms with Gasteiger partial charge in [0.25, 0.3) is 5.91 Å². The summed E-state index contributed by atoms with van der Waals surface area (Å²) < 4.78 is 5.59. The lowest BCUT2D eigenvalue weighted by Gasteiger charge is -2.32. The lowest BCUT2D eigenvalue weighted by Crippen LogP contribution is -2.40. The van der Waals surface area contributed by atoms with Gasteiger partial charge in [-0.2, -0.15) is 0 Å². The molecule has 0 radical (unpaired) electrons. The molecule has 2 rings (SSSR count). The van der Waals surface area contributed by atoms with E-state index in [0.717, 1.165) is 38.1 Å². The van der Waals surface area contributed by atoms with Crippen molar-refractivity contribution in [1.29, 1.82) is 0 Å². The molecular formula is C17H25NO3. The van der Waals surface area contributed by atoms with Crippen LogP contribution in [0.3, 0.4) is 0 Å². The van der Waals surface area contributed by atoms with Gasteiger partial charge in [0.2, 0.25) is 0 Å². The van der Waals surface area contributed by atoms with E-state index in [4.69, 9.17) is 9.84 Å². The van der Waals surface area contributed by atoms with Crippen molar-refractivity contribution in [2.45, 2.75) is 39.2 Å². The summed E-state index contributed by atoms with van der Waals surface area (Å²) in [6, 6.07) is 7.36. The van der Waals surface area contributed by atoms with Gasteiger partial charge in [-0.25, -0.2) is 0 Å². The number of piperidine rings is 1. The van der Waals surface area contributed by atoms with Crippen molar-refractivity contribution in [3.05, 3.63) is 29.8 Å². The minimum Gasteiger partial charge on any atom is -0.491 e. The maximum Gasteiger partial charge on any atom is 0.253 e. The summed E-state index contributed by atoms with van der Waals surface area (Å²) in [6.07, 6.45) is 3.04. The molecule has 1 heterocycles. The number of hydrogen-bond acceptors (Lipinski definition) is 3. The zero-order valence-electron chi connectivity index (χ0n) is 12.9. The summed E-state index contributed by atoms with van der Waals surface area (Å²) >= 11 is 0. The first-order valence-corrected chi connectivity index (χ1v) is 7.77. The Kier molecular flexibility index (Phi) is 5.62. The second-order valence-corrected chi connectivity index (χ2v) is 5.96. The number of carbonyl (C=O) groups is 1. The topological polar surface area (TPSA) is 49.8 Å². The number of nitrogens with zero attached hydrogens (tertiary/aromatic N) is 1. The SMILES string of the molecule is CC(C)Oc1ccc(C(=O)N2CCCC(CCO)C2)cc1. The molecule has 116 valence electrons. The zero-order chi connectivity index (χ0) is 15.2.